The molecule has 0 heterocycles. The highest BCUT2D eigenvalue weighted by atomic mass is 19.4. The highest BCUT2D eigenvalue weighted by molar-refractivity contribution is 5.66. The van der Waals surface area contributed by atoms with Gasteiger partial charge >= 0.3 is 6.36 Å². The highest BCUT2D eigenvalue weighted by Gasteiger charge is 2.28. The van der Waals surface area contributed by atoms with Crippen molar-refractivity contribution in [2.75, 3.05) is 30.8 Å². The van der Waals surface area contributed by atoms with Gasteiger partial charge in [0.15, 0.2) is 0 Å². The van der Waals surface area contributed by atoms with Crippen molar-refractivity contribution in [2.24, 2.45) is 0 Å². The van der Waals surface area contributed by atoms with Crippen LogP contribution >= 0.6 is 0 Å². The lowest BCUT2D eigenvalue weighted by molar-refractivity contribution is -0.323. The SMILES string of the molecule is CN(CCOC(F)(F)F)c1ccccc1N. The smallest absolute Gasteiger partial charge is 0.397 e. The third kappa shape index (κ3) is 3.98. The number of halogens is 3. The number of likely N-dealkylation sites (N-methyl/N-ethyl adjacent to an activating group) is 1. The van der Waals surface area contributed by atoms with Gasteiger partial charge in [0.05, 0.1) is 18.0 Å². The maximum absolute atomic E-state index is 11.7. The monoisotopic (exact) mass is 234 g/mol. The van der Waals surface area contributed by atoms with E-state index in [1.807, 2.05) is 0 Å². The summed E-state index contributed by atoms with van der Waals surface area (Å²) in [6.45, 7) is -0.304. The summed E-state index contributed by atoms with van der Waals surface area (Å²) in [6, 6.07) is 6.96. The molecule has 0 unspecified atom stereocenters. The van der Waals surface area contributed by atoms with Gasteiger partial charge in [0.1, 0.15) is 0 Å². The summed E-state index contributed by atoms with van der Waals surface area (Å²) < 4.78 is 38.8. The lowest BCUT2D eigenvalue weighted by atomic mass is 10.2. The second-order valence-electron chi connectivity index (χ2n) is 3.27. The molecule has 0 bridgehead atoms. The van der Waals surface area contributed by atoms with Gasteiger partial charge in [-0.05, 0) is 12.1 Å². The van der Waals surface area contributed by atoms with E-state index in [-0.39, 0.29) is 6.54 Å². The minimum absolute atomic E-state index is 0.119. The summed E-state index contributed by atoms with van der Waals surface area (Å²) in [5.74, 6) is 0. The van der Waals surface area contributed by atoms with Gasteiger partial charge in [-0.3, -0.25) is 4.74 Å². The largest absolute Gasteiger partial charge is 0.522 e. The topological polar surface area (TPSA) is 38.5 Å². The Kier molecular flexibility index (Phi) is 4.00. The predicted octanol–water partition coefficient (Wildman–Crippen LogP) is 2.24. The minimum Gasteiger partial charge on any atom is -0.397 e. The maximum atomic E-state index is 11.7. The Labute approximate surface area is 91.6 Å². The number of nitrogen functional groups attached to an aromatic ring is 1. The molecule has 0 spiro atoms. The number of alkyl halides is 3. The second kappa shape index (κ2) is 5.07. The Balaban J connectivity index is 2.47. The number of hydrogen-bond donors (Lipinski definition) is 1. The van der Waals surface area contributed by atoms with Crippen LogP contribution in [0.15, 0.2) is 24.3 Å². The fourth-order valence-corrected chi connectivity index (χ4v) is 1.25. The molecule has 6 heteroatoms. The number of nitrogens with two attached hydrogens (primary N) is 1. The molecule has 0 saturated carbocycles. The quantitative estimate of drug-likeness (QED) is 0.812. The normalized spacial score (nSPS) is 11.5. The van der Waals surface area contributed by atoms with Crippen LogP contribution in [0.5, 0.6) is 0 Å². The predicted molar refractivity (Wildman–Crippen MR) is 56.1 cm³/mol. The second-order valence-corrected chi connectivity index (χ2v) is 3.27. The zero-order valence-corrected chi connectivity index (χ0v) is 8.79. The molecular formula is C10H13F3N2O. The van der Waals surface area contributed by atoms with Crippen molar-refractivity contribution in [1.82, 2.24) is 0 Å². The van der Waals surface area contributed by atoms with Crippen molar-refractivity contribution in [3.05, 3.63) is 24.3 Å². The van der Waals surface area contributed by atoms with Crippen molar-refractivity contribution in [2.45, 2.75) is 6.36 Å². The van der Waals surface area contributed by atoms with Gasteiger partial charge in [0.25, 0.3) is 0 Å². The minimum atomic E-state index is -4.58. The van der Waals surface area contributed by atoms with E-state index in [2.05, 4.69) is 4.74 Å². The number of anilines is 2. The van der Waals surface area contributed by atoms with Crippen LogP contribution in [0.4, 0.5) is 24.5 Å². The van der Waals surface area contributed by atoms with Crippen molar-refractivity contribution in [3.8, 4) is 0 Å². The van der Waals surface area contributed by atoms with Crippen molar-refractivity contribution in [1.29, 1.82) is 0 Å². The van der Waals surface area contributed by atoms with Gasteiger partial charge in [-0.15, -0.1) is 13.2 Å². The molecular weight excluding hydrogens is 221 g/mol. The molecule has 1 rings (SSSR count). The molecule has 90 valence electrons. The average molecular weight is 234 g/mol. The number of ether oxygens (including phenoxy) is 1. The third-order valence-corrected chi connectivity index (χ3v) is 2.04. The van der Waals surface area contributed by atoms with Gasteiger partial charge in [-0.2, -0.15) is 0 Å². The van der Waals surface area contributed by atoms with Crippen LogP contribution in [0, 0.1) is 0 Å². The summed E-state index contributed by atoms with van der Waals surface area (Å²) in [5, 5.41) is 0. The third-order valence-electron chi connectivity index (χ3n) is 2.04. The van der Waals surface area contributed by atoms with Crippen LogP contribution in [0.25, 0.3) is 0 Å². The number of nitrogens with zero attached hydrogens (tertiary/aromatic N) is 1. The van der Waals surface area contributed by atoms with Crippen LogP contribution in [0.1, 0.15) is 0 Å². The molecule has 3 nitrogen and oxygen atoms in total. The van der Waals surface area contributed by atoms with Gasteiger partial charge in [-0.1, -0.05) is 12.1 Å². The van der Waals surface area contributed by atoms with Crippen molar-refractivity contribution >= 4 is 11.4 Å². The fraction of sp³-hybridized carbons (Fsp3) is 0.400. The average Bonchev–Trinajstić information content (AvgIpc) is 2.16. The molecule has 0 aliphatic heterocycles. The van der Waals surface area contributed by atoms with E-state index < -0.39 is 13.0 Å². The van der Waals surface area contributed by atoms with Crippen LogP contribution in [0.3, 0.4) is 0 Å². The first-order chi connectivity index (χ1) is 7.40. The summed E-state index contributed by atoms with van der Waals surface area (Å²) in [5.41, 5.74) is 6.89. The number of hydrogen-bond acceptors (Lipinski definition) is 3. The van der Waals surface area contributed by atoms with Crippen LogP contribution < -0.4 is 10.6 Å². The molecule has 0 aliphatic rings. The van der Waals surface area contributed by atoms with Gasteiger partial charge in [0, 0.05) is 13.6 Å². The zero-order valence-electron chi connectivity index (χ0n) is 8.79. The Morgan fingerprint density at radius 3 is 2.50 bits per heavy atom. The number of rotatable bonds is 4. The number of benzene rings is 1. The molecule has 16 heavy (non-hydrogen) atoms. The molecule has 1 aromatic carbocycles. The van der Waals surface area contributed by atoms with Gasteiger partial charge in [-0.25, -0.2) is 0 Å². The molecule has 0 amide bonds. The van der Waals surface area contributed by atoms with Crippen LogP contribution in [-0.2, 0) is 4.74 Å². The molecule has 2 N–H and O–H groups in total. The molecule has 0 atom stereocenters. The van der Waals surface area contributed by atoms with E-state index >= 15 is 0 Å². The Morgan fingerprint density at radius 2 is 1.94 bits per heavy atom. The molecule has 0 radical (unpaired) electrons. The lowest BCUT2D eigenvalue weighted by Crippen LogP contribution is -2.26. The van der Waals surface area contributed by atoms with E-state index in [1.165, 1.54) is 0 Å². The van der Waals surface area contributed by atoms with Crippen molar-refractivity contribution < 1.29 is 17.9 Å². The fourth-order valence-electron chi connectivity index (χ4n) is 1.25. The van der Waals surface area contributed by atoms with Gasteiger partial charge < -0.3 is 10.6 Å². The van der Waals surface area contributed by atoms with Crippen LogP contribution in [-0.4, -0.2) is 26.6 Å². The van der Waals surface area contributed by atoms with Crippen molar-refractivity contribution in [3.63, 3.8) is 0 Å². The molecule has 1 aromatic rings. The number of para-hydroxylation sites is 2. The summed E-state index contributed by atoms with van der Waals surface area (Å²) >= 11 is 0. The van der Waals surface area contributed by atoms with E-state index in [1.54, 1.807) is 36.2 Å². The highest BCUT2D eigenvalue weighted by Crippen LogP contribution is 2.21. The Hall–Kier alpha value is -1.43. The zero-order chi connectivity index (χ0) is 12.2. The molecule has 0 fully saturated rings. The van der Waals surface area contributed by atoms with E-state index in [9.17, 15) is 13.2 Å². The van der Waals surface area contributed by atoms with Gasteiger partial charge in [0.2, 0.25) is 0 Å². The first kappa shape index (κ1) is 12.6. The Bertz CT molecular complexity index is 341. The van der Waals surface area contributed by atoms with Crippen LogP contribution in [0.2, 0.25) is 0 Å². The summed E-state index contributed by atoms with van der Waals surface area (Å²) in [4.78, 5) is 1.61. The lowest BCUT2D eigenvalue weighted by Gasteiger charge is -2.21. The molecule has 0 aromatic heterocycles. The van der Waals surface area contributed by atoms with E-state index in [4.69, 9.17) is 5.73 Å². The first-order valence-corrected chi connectivity index (χ1v) is 4.66. The Morgan fingerprint density at radius 1 is 1.31 bits per heavy atom. The summed E-state index contributed by atoms with van der Waals surface area (Å²) in [6.07, 6.45) is -4.58. The maximum Gasteiger partial charge on any atom is 0.522 e. The molecule has 0 aliphatic carbocycles. The van der Waals surface area contributed by atoms with E-state index in [0.29, 0.717) is 11.4 Å². The first-order valence-electron chi connectivity index (χ1n) is 4.66. The standard InChI is InChI=1S/C10H13F3N2O/c1-15(6-7-16-10(11,12)13)9-5-3-2-4-8(9)14/h2-5H,6-7,14H2,1H3. The molecule has 0 saturated heterocycles. The summed E-state index contributed by atoms with van der Waals surface area (Å²) in [7, 11) is 1.66. The van der Waals surface area contributed by atoms with E-state index in [0.717, 1.165) is 0 Å².